The van der Waals surface area contributed by atoms with Crippen molar-refractivity contribution in [1.29, 1.82) is 0 Å². The number of piperazine rings is 1. The minimum atomic E-state index is -0.0922. The summed E-state index contributed by atoms with van der Waals surface area (Å²) in [6.07, 6.45) is 0. The summed E-state index contributed by atoms with van der Waals surface area (Å²) in [5.74, 6) is 0.0697. The first-order chi connectivity index (χ1) is 14.6. The minimum absolute atomic E-state index is 0.0697. The second-order valence-electron chi connectivity index (χ2n) is 7.98. The van der Waals surface area contributed by atoms with Gasteiger partial charge in [0.1, 0.15) is 0 Å². The number of rotatable bonds is 5. The Balaban J connectivity index is 1.28. The molecule has 1 atom stereocenters. The van der Waals surface area contributed by atoms with Gasteiger partial charge in [-0.25, -0.2) is 0 Å². The monoisotopic (exact) mass is 429 g/mol. The molecule has 0 bridgehead atoms. The molecule has 0 radical (unpaired) electrons. The third kappa shape index (κ3) is 5.06. The number of morpholine rings is 1. The molecule has 0 unspecified atom stereocenters. The largest absolute Gasteiger partial charge is 0.378 e. The number of nitrogens with zero attached hydrogens (tertiary/aromatic N) is 2. The smallest absolute Gasteiger partial charge is 0.282 e. The molecule has 4 rings (SSSR count). The highest BCUT2D eigenvalue weighted by atomic mass is 35.5. The van der Waals surface area contributed by atoms with Crippen molar-refractivity contribution < 1.29 is 14.4 Å². The minimum Gasteiger partial charge on any atom is -0.378 e. The van der Waals surface area contributed by atoms with Crippen LogP contribution in [0, 0.1) is 0 Å². The molecule has 0 spiro atoms. The van der Waals surface area contributed by atoms with E-state index < -0.39 is 0 Å². The van der Waals surface area contributed by atoms with E-state index >= 15 is 0 Å². The lowest BCUT2D eigenvalue weighted by atomic mass is 10.2. The van der Waals surface area contributed by atoms with Crippen molar-refractivity contribution in [2.45, 2.75) is 13.0 Å². The summed E-state index contributed by atoms with van der Waals surface area (Å²) in [6, 6.07) is 16.0. The lowest BCUT2D eigenvalue weighted by molar-refractivity contribution is -0.914. The Labute approximate surface area is 183 Å². The Morgan fingerprint density at radius 1 is 1.00 bits per heavy atom. The Morgan fingerprint density at radius 2 is 1.67 bits per heavy atom. The van der Waals surface area contributed by atoms with Crippen molar-refractivity contribution in [2.24, 2.45) is 0 Å². The summed E-state index contributed by atoms with van der Waals surface area (Å²) in [5, 5.41) is 3.84. The first-order valence-corrected chi connectivity index (χ1v) is 11.1. The molecule has 6 nitrogen and oxygen atoms in total. The number of quaternary nitrogens is 1. The molecule has 0 aliphatic carbocycles. The summed E-state index contributed by atoms with van der Waals surface area (Å²) >= 11 is 6.12. The standard InChI is InChI=1S/C23H29ClN4O2/c1-18(26-9-11-27(12-10-26)22-4-2-3-19(24)17-22)23(29)25-20-5-7-21(8-6-20)28-13-15-30-16-14-28/h2-8,17-18H,9-16H2,1H3,(H,25,29)/p+1/t18-/m0/s1. The van der Waals surface area contributed by atoms with E-state index in [-0.39, 0.29) is 11.9 Å². The normalized spacial score (nSPS) is 18.9. The summed E-state index contributed by atoms with van der Waals surface area (Å²) < 4.78 is 5.41. The van der Waals surface area contributed by atoms with E-state index in [1.807, 2.05) is 37.3 Å². The number of hydrogen-bond donors (Lipinski definition) is 2. The molecule has 2 aromatic carbocycles. The average Bonchev–Trinajstić information content (AvgIpc) is 2.80. The number of anilines is 3. The van der Waals surface area contributed by atoms with Crippen LogP contribution in [-0.4, -0.2) is 64.4 Å². The number of ether oxygens (including phenoxy) is 1. The van der Waals surface area contributed by atoms with Gasteiger partial charge >= 0.3 is 0 Å². The topological polar surface area (TPSA) is 49.3 Å². The number of carbonyl (C=O) groups is 1. The van der Waals surface area contributed by atoms with Crippen LogP contribution in [0.1, 0.15) is 6.92 Å². The van der Waals surface area contributed by atoms with Crippen LogP contribution in [0.4, 0.5) is 17.1 Å². The molecular formula is C23H30ClN4O2+. The fourth-order valence-electron chi connectivity index (χ4n) is 4.17. The maximum absolute atomic E-state index is 12.8. The van der Waals surface area contributed by atoms with Crippen LogP contribution in [0.25, 0.3) is 0 Å². The molecule has 2 aliphatic rings. The quantitative estimate of drug-likeness (QED) is 0.762. The van der Waals surface area contributed by atoms with E-state index in [1.165, 1.54) is 10.6 Å². The zero-order chi connectivity index (χ0) is 20.9. The van der Waals surface area contributed by atoms with Gasteiger partial charge in [0, 0.05) is 35.2 Å². The van der Waals surface area contributed by atoms with Crippen LogP contribution in [0.5, 0.6) is 0 Å². The third-order valence-corrected chi connectivity index (χ3v) is 6.33. The average molecular weight is 430 g/mol. The van der Waals surface area contributed by atoms with Gasteiger partial charge in [0.25, 0.3) is 5.91 Å². The number of amides is 1. The van der Waals surface area contributed by atoms with Gasteiger partial charge in [0.05, 0.1) is 39.4 Å². The predicted molar refractivity (Wildman–Crippen MR) is 122 cm³/mol. The zero-order valence-electron chi connectivity index (χ0n) is 17.4. The molecule has 1 amide bonds. The number of halogens is 1. The van der Waals surface area contributed by atoms with Crippen molar-refractivity contribution in [3.8, 4) is 0 Å². The SMILES string of the molecule is C[C@@H](C(=O)Nc1ccc(N2CCOCC2)cc1)[NH+]1CCN(c2cccc(Cl)c2)CC1. The Hall–Kier alpha value is -2.28. The second kappa shape index (κ2) is 9.69. The molecule has 2 saturated heterocycles. The number of benzene rings is 2. The van der Waals surface area contributed by atoms with Gasteiger partial charge in [-0.15, -0.1) is 0 Å². The molecule has 2 fully saturated rings. The number of carbonyl (C=O) groups excluding carboxylic acids is 1. The van der Waals surface area contributed by atoms with E-state index in [9.17, 15) is 4.79 Å². The highest BCUT2D eigenvalue weighted by molar-refractivity contribution is 6.30. The van der Waals surface area contributed by atoms with Crippen LogP contribution in [-0.2, 0) is 9.53 Å². The van der Waals surface area contributed by atoms with Gasteiger partial charge in [0.15, 0.2) is 6.04 Å². The fourth-order valence-corrected chi connectivity index (χ4v) is 4.36. The van der Waals surface area contributed by atoms with E-state index in [0.717, 1.165) is 68.9 Å². The maximum atomic E-state index is 12.8. The first kappa shape index (κ1) is 21.0. The van der Waals surface area contributed by atoms with E-state index in [4.69, 9.17) is 16.3 Å². The van der Waals surface area contributed by atoms with Crippen LogP contribution < -0.4 is 20.0 Å². The van der Waals surface area contributed by atoms with E-state index in [1.54, 1.807) is 0 Å². The highest BCUT2D eigenvalue weighted by Crippen LogP contribution is 2.20. The van der Waals surface area contributed by atoms with Crippen LogP contribution in [0.2, 0.25) is 5.02 Å². The lowest BCUT2D eigenvalue weighted by Crippen LogP contribution is -3.19. The van der Waals surface area contributed by atoms with Gasteiger partial charge in [-0.3, -0.25) is 4.79 Å². The van der Waals surface area contributed by atoms with Gasteiger partial charge in [-0.2, -0.15) is 0 Å². The second-order valence-corrected chi connectivity index (χ2v) is 8.42. The van der Waals surface area contributed by atoms with Crippen LogP contribution >= 0.6 is 11.6 Å². The predicted octanol–water partition coefficient (Wildman–Crippen LogP) is 1.91. The summed E-state index contributed by atoms with van der Waals surface area (Å²) in [6.45, 7) is 9.06. The van der Waals surface area contributed by atoms with Gasteiger partial charge in [-0.1, -0.05) is 17.7 Å². The molecule has 2 aromatic rings. The summed E-state index contributed by atoms with van der Waals surface area (Å²) in [4.78, 5) is 18.8. The molecule has 160 valence electrons. The molecule has 2 N–H and O–H groups in total. The molecule has 0 saturated carbocycles. The van der Waals surface area contributed by atoms with Crippen molar-refractivity contribution in [1.82, 2.24) is 0 Å². The zero-order valence-corrected chi connectivity index (χ0v) is 18.2. The number of nitrogens with one attached hydrogen (secondary N) is 2. The van der Waals surface area contributed by atoms with Crippen molar-refractivity contribution in [2.75, 3.05) is 67.6 Å². The first-order valence-electron chi connectivity index (χ1n) is 10.7. The molecule has 0 aromatic heterocycles. The number of hydrogen-bond acceptors (Lipinski definition) is 4. The van der Waals surface area contributed by atoms with E-state index in [2.05, 4.69) is 33.3 Å². The van der Waals surface area contributed by atoms with Gasteiger partial charge in [0.2, 0.25) is 0 Å². The Kier molecular flexibility index (Phi) is 6.77. The Bertz CT molecular complexity index is 847. The lowest BCUT2D eigenvalue weighted by Gasteiger charge is -2.36. The highest BCUT2D eigenvalue weighted by Gasteiger charge is 2.29. The Morgan fingerprint density at radius 3 is 2.33 bits per heavy atom. The summed E-state index contributed by atoms with van der Waals surface area (Å²) in [5.41, 5.74) is 3.17. The van der Waals surface area contributed by atoms with Crippen LogP contribution in [0.3, 0.4) is 0 Å². The van der Waals surface area contributed by atoms with E-state index in [0.29, 0.717) is 0 Å². The molecular weight excluding hydrogens is 400 g/mol. The molecule has 7 heteroatoms. The van der Waals surface area contributed by atoms with Crippen molar-refractivity contribution in [3.05, 3.63) is 53.6 Å². The molecule has 30 heavy (non-hydrogen) atoms. The van der Waals surface area contributed by atoms with Crippen molar-refractivity contribution >= 4 is 34.6 Å². The fraction of sp³-hybridized carbons (Fsp3) is 0.435. The molecule has 2 aliphatic heterocycles. The van der Waals surface area contributed by atoms with Crippen LogP contribution in [0.15, 0.2) is 48.5 Å². The van der Waals surface area contributed by atoms with Crippen molar-refractivity contribution in [3.63, 3.8) is 0 Å². The maximum Gasteiger partial charge on any atom is 0.282 e. The van der Waals surface area contributed by atoms with Gasteiger partial charge < -0.3 is 24.8 Å². The molecule has 2 heterocycles. The summed E-state index contributed by atoms with van der Waals surface area (Å²) in [7, 11) is 0. The van der Waals surface area contributed by atoms with Gasteiger partial charge in [-0.05, 0) is 49.4 Å². The third-order valence-electron chi connectivity index (χ3n) is 6.10.